The lowest BCUT2D eigenvalue weighted by molar-refractivity contribution is 0.0304. The molecule has 2 nitrogen and oxygen atoms in total. The van der Waals surface area contributed by atoms with Crippen LogP contribution in [0.4, 0.5) is 0 Å². The zero-order chi connectivity index (χ0) is 10.8. The molecular formula is C12H23NO. The first-order chi connectivity index (χ1) is 6.79. The first-order valence-corrected chi connectivity index (χ1v) is 5.58. The summed E-state index contributed by atoms with van der Waals surface area (Å²) in [5.74, 6) is 2.68. The SMILES string of the molecule is C#CCCC(NCC)C(CC)OCC. The van der Waals surface area contributed by atoms with Crippen LogP contribution in [0.25, 0.3) is 0 Å². The molecule has 0 amide bonds. The van der Waals surface area contributed by atoms with Crippen molar-refractivity contribution in [1.82, 2.24) is 5.32 Å². The van der Waals surface area contributed by atoms with Gasteiger partial charge in [0.1, 0.15) is 0 Å². The maximum Gasteiger partial charge on any atom is 0.0725 e. The van der Waals surface area contributed by atoms with Gasteiger partial charge in [0.2, 0.25) is 0 Å². The molecule has 0 aromatic carbocycles. The molecular weight excluding hydrogens is 174 g/mol. The van der Waals surface area contributed by atoms with Gasteiger partial charge in [-0.15, -0.1) is 12.3 Å². The van der Waals surface area contributed by atoms with E-state index in [4.69, 9.17) is 11.2 Å². The van der Waals surface area contributed by atoms with Gasteiger partial charge in [-0.25, -0.2) is 0 Å². The molecule has 0 heterocycles. The van der Waals surface area contributed by atoms with Gasteiger partial charge in [-0.05, 0) is 26.3 Å². The Kier molecular flexibility index (Phi) is 8.72. The topological polar surface area (TPSA) is 21.3 Å². The molecule has 0 radical (unpaired) electrons. The molecule has 0 saturated heterocycles. The van der Waals surface area contributed by atoms with Crippen LogP contribution in [0, 0.1) is 12.3 Å². The molecule has 1 N–H and O–H groups in total. The Balaban J connectivity index is 4.05. The van der Waals surface area contributed by atoms with Crippen LogP contribution in [0.2, 0.25) is 0 Å². The van der Waals surface area contributed by atoms with Gasteiger partial charge in [0, 0.05) is 19.1 Å². The number of hydrogen-bond donors (Lipinski definition) is 1. The zero-order valence-electron chi connectivity index (χ0n) is 9.68. The minimum Gasteiger partial charge on any atom is -0.377 e. The molecule has 0 aromatic rings. The first-order valence-electron chi connectivity index (χ1n) is 5.58. The van der Waals surface area contributed by atoms with Crippen LogP contribution in [0.5, 0.6) is 0 Å². The van der Waals surface area contributed by atoms with E-state index in [1.807, 2.05) is 6.92 Å². The summed E-state index contributed by atoms with van der Waals surface area (Å²) in [6.07, 6.45) is 8.43. The van der Waals surface area contributed by atoms with Gasteiger partial charge in [0.15, 0.2) is 0 Å². The second-order valence-corrected chi connectivity index (χ2v) is 3.31. The number of ether oxygens (including phenoxy) is 1. The van der Waals surface area contributed by atoms with Crippen LogP contribution in [0.3, 0.4) is 0 Å². The molecule has 0 spiro atoms. The third-order valence-electron chi connectivity index (χ3n) is 2.30. The lowest BCUT2D eigenvalue weighted by Crippen LogP contribution is -2.41. The van der Waals surface area contributed by atoms with Crippen molar-refractivity contribution < 1.29 is 4.74 Å². The summed E-state index contributed by atoms with van der Waals surface area (Å²) >= 11 is 0. The van der Waals surface area contributed by atoms with E-state index in [1.54, 1.807) is 0 Å². The molecule has 0 saturated carbocycles. The van der Waals surface area contributed by atoms with Gasteiger partial charge in [0.25, 0.3) is 0 Å². The second-order valence-electron chi connectivity index (χ2n) is 3.31. The molecule has 0 bridgehead atoms. The normalized spacial score (nSPS) is 14.7. The summed E-state index contributed by atoms with van der Waals surface area (Å²) in [5, 5.41) is 3.43. The predicted octanol–water partition coefficient (Wildman–Crippen LogP) is 2.19. The molecule has 2 unspecified atom stereocenters. The van der Waals surface area contributed by atoms with Crippen molar-refractivity contribution in [2.75, 3.05) is 13.2 Å². The van der Waals surface area contributed by atoms with E-state index in [-0.39, 0.29) is 0 Å². The van der Waals surface area contributed by atoms with Crippen LogP contribution in [-0.2, 0) is 4.74 Å². The third-order valence-corrected chi connectivity index (χ3v) is 2.30. The van der Waals surface area contributed by atoms with Crippen molar-refractivity contribution in [2.24, 2.45) is 0 Å². The third kappa shape index (κ3) is 5.26. The number of rotatable bonds is 8. The van der Waals surface area contributed by atoms with Crippen molar-refractivity contribution in [2.45, 2.75) is 52.2 Å². The molecule has 0 aliphatic rings. The molecule has 0 aliphatic carbocycles. The van der Waals surface area contributed by atoms with Crippen molar-refractivity contribution in [1.29, 1.82) is 0 Å². The smallest absolute Gasteiger partial charge is 0.0725 e. The second kappa shape index (κ2) is 9.05. The molecule has 14 heavy (non-hydrogen) atoms. The maximum atomic E-state index is 5.67. The summed E-state index contributed by atoms with van der Waals surface area (Å²) in [4.78, 5) is 0. The molecule has 0 rings (SSSR count). The van der Waals surface area contributed by atoms with Crippen LogP contribution < -0.4 is 5.32 Å². The fourth-order valence-corrected chi connectivity index (χ4v) is 1.65. The Bertz CT molecular complexity index is 162. The van der Waals surface area contributed by atoms with Crippen LogP contribution in [-0.4, -0.2) is 25.3 Å². The summed E-state index contributed by atoms with van der Waals surface area (Å²) in [5.41, 5.74) is 0. The average molecular weight is 197 g/mol. The van der Waals surface area contributed by atoms with E-state index in [0.717, 1.165) is 32.4 Å². The molecule has 2 heteroatoms. The Morgan fingerprint density at radius 1 is 1.36 bits per heavy atom. The van der Waals surface area contributed by atoms with Crippen LogP contribution in [0.15, 0.2) is 0 Å². The fourth-order valence-electron chi connectivity index (χ4n) is 1.65. The zero-order valence-corrected chi connectivity index (χ0v) is 9.68. The minimum atomic E-state index is 0.299. The molecule has 82 valence electrons. The Hall–Kier alpha value is -0.520. The largest absolute Gasteiger partial charge is 0.377 e. The van der Waals surface area contributed by atoms with E-state index in [0.29, 0.717) is 12.1 Å². The van der Waals surface area contributed by atoms with Gasteiger partial charge in [-0.3, -0.25) is 0 Å². The van der Waals surface area contributed by atoms with E-state index >= 15 is 0 Å². The van der Waals surface area contributed by atoms with Crippen LogP contribution in [0.1, 0.15) is 40.0 Å². The Morgan fingerprint density at radius 3 is 2.50 bits per heavy atom. The predicted molar refractivity (Wildman–Crippen MR) is 61.2 cm³/mol. The molecule has 2 atom stereocenters. The summed E-state index contributed by atoms with van der Waals surface area (Å²) < 4.78 is 5.67. The van der Waals surface area contributed by atoms with Gasteiger partial charge >= 0.3 is 0 Å². The Labute approximate surface area is 88.4 Å². The van der Waals surface area contributed by atoms with Gasteiger partial charge in [-0.1, -0.05) is 13.8 Å². The number of hydrogen-bond acceptors (Lipinski definition) is 2. The maximum absolute atomic E-state index is 5.67. The number of nitrogens with one attached hydrogen (secondary N) is 1. The van der Waals surface area contributed by atoms with E-state index < -0.39 is 0 Å². The van der Waals surface area contributed by atoms with Crippen molar-refractivity contribution in [3.8, 4) is 12.3 Å². The minimum absolute atomic E-state index is 0.299. The standard InChI is InChI=1S/C12H23NO/c1-5-9-10-11(13-7-3)12(6-2)14-8-4/h1,11-13H,6-10H2,2-4H3. The summed E-state index contributed by atoms with van der Waals surface area (Å²) in [7, 11) is 0. The molecule has 0 aliphatic heterocycles. The van der Waals surface area contributed by atoms with Gasteiger partial charge in [0.05, 0.1) is 6.10 Å². The number of terminal acetylenes is 1. The highest BCUT2D eigenvalue weighted by Crippen LogP contribution is 2.09. The number of likely N-dealkylation sites (N-methyl/N-ethyl adjacent to an activating group) is 1. The van der Waals surface area contributed by atoms with Crippen molar-refractivity contribution >= 4 is 0 Å². The lowest BCUT2D eigenvalue weighted by atomic mass is 10.0. The van der Waals surface area contributed by atoms with E-state index in [1.165, 1.54) is 0 Å². The van der Waals surface area contributed by atoms with E-state index in [9.17, 15) is 0 Å². The lowest BCUT2D eigenvalue weighted by Gasteiger charge is -2.26. The summed E-state index contributed by atoms with van der Waals surface area (Å²) in [6.45, 7) is 8.05. The quantitative estimate of drug-likeness (QED) is 0.602. The van der Waals surface area contributed by atoms with Crippen molar-refractivity contribution in [3.05, 3.63) is 0 Å². The Morgan fingerprint density at radius 2 is 2.07 bits per heavy atom. The highest BCUT2D eigenvalue weighted by molar-refractivity contribution is 4.87. The van der Waals surface area contributed by atoms with Gasteiger partial charge < -0.3 is 10.1 Å². The highest BCUT2D eigenvalue weighted by atomic mass is 16.5. The van der Waals surface area contributed by atoms with Gasteiger partial charge in [-0.2, -0.15) is 0 Å². The average Bonchev–Trinajstić information content (AvgIpc) is 2.21. The van der Waals surface area contributed by atoms with Crippen LogP contribution >= 0.6 is 0 Å². The fraction of sp³-hybridized carbons (Fsp3) is 0.833. The summed E-state index contributed by atoms with van der Waals surface area (Å²) in [6, 6.07) is 0.404. The first kappa shape index (κ1) is 13.5. The monoisotopic (exact) mass is 197 g/mol. The highest BCUT2D eigenvalue weighted by Gasteiger charge is 2.18. The van der Waals surface area contributed by atoms with Crippen molar-refractivity contribution in [3.63, 3.8) is 0 Å². The van der Waals surface area contributed by atoms with E-state index in [2.05, 4.69) is 25.1 Å². The molecule has 0 fully saturated rings. The molecule has 0 aromatic heterocycles.